The number of piperidine rings is 1. The number of carbonyl (C=O) groups is 4. The number of aliphatic hydroxyl groups excluding tert-OH is 1. The maximum atomic E-state index is 14.5. The second-order valence-corrected chi connectivity index (χ2v) is 7.55. The first-order valence-corrected chi connectivity index (χ1v) is 10.7. The number of carbonyl (C=O) groups excluding carboxylic acids is 4. The van der Waals surface area contributed by atoms with Crippen LogP contribution in [0.1, 0.15) is 12.8 Å². The van der Waals surface area contributed by atoms with E-state index in [1.54, 1.807) is 0 Å². The number of alkyl halides is 2. The Labute approximate surface area is 201 Å². The van der Waals surface area contributed by atoms with Gasteiger partial charge in [0, 0.05) is 25.1 Å². The number of halogens is 2. The molecule has 2 aliphatic heterocycles. The second kappa shape index (κ2) is 12.0. The van der Waals surface area contributed by atoms with E-state index in [0.717, 1.165) is 6.08 Å². The van der Waals surface area contributed by atoms with Crippen LogP contribution in [0, 0.1) is 0 Å². The van der Waals surface area contributed by atoms with Gasteiger partial charge in [0.2, 0.25) is 11.8 Å². The third kappa shape index (κ3) is 6.38. The van der Waals surface area contributed by atoms with E-state index in [-0.39, 0.29) is 43.9 Å². The molecular formula is C24H27F2N3O6. The lowest BCUT2D eigenvalue weighted by atomic mass is 10.0. The second-order valence-electron chi connectivity index (χ2n) is 7.55. The Hall–Kier alpha value is -3.86. The molecule has 4 amide bonds. The molecule has 2 rings (SSSR count). The van der Waals surface area contributed by atoms with Crippen LogP contribution in [0.4, 0.5) is 8.78 Å². The van der Waals surface area contributed by atoms with E-state index >= 15 is 0 Å². The van der Waals surface area contributed by atoms with Crippen molar-refractivity contribution in [3.05, 3.63) is 72.6 Å². The van der Waals surface area contributed by atoms with Crippen LogP contribution in [0.15, 0.2) is 72.6 Å². The molecule has 0 saturated carbocycles. The Bertz CT molecular complexity index is 1030. The van der Waals surface area contributed by atoms with Crippen LogP contribution in [-0.2, 0) is 23.9 Å². The minimum absolute atomic E-state index is 0.0573. The number of hydrogen-bond acceptors (Lipinski definition) is 6. The molecule has 2 aliphatic rings. The topological polar surface area (TPSA) is 125 Å². The van der Waals surface area contributed by atoms with Crippen molar-refractivity contribution >= 4 is 23.6 Å². The molecule has 9 nitrogen and oxygen atoms in total. The molecule has 1 unspecified atom stereocenters. The monoisotopic (exact) mass is 491 g/mol. The van der Waals surface area contributed by atoms with E-state index in [4.69, 9.17) is 9.84 Å². The SMILES string of the molecule is C=C/C=C(/OCCO)C(=C)C(F)(F)C(=O)NC/C=C/C1=C(C=C)C(=O)N(C2CCC(=O)NC2=O)C1. The normalized spacial score (nSPS) is 19.2. The summed E-state index contributed by atoms with van der Waals surface area (Å²) in [7, 11) is 0. The van der Waals surface area contributed by atoms with Gasteiger partial charge in [0.25, 0.3) is 11.8 Å². The van der Waals surface area contributed by atoms with Crippen molar-refractivity contribution in [3.63, 3.8) is 0 Å². The number of ether oxygens (including phenoxy) is 1. The molecule has 1 saturated heterocycles. The molecule has 0 radical (unpaired) electrons. The summed E-state index contributed by atoms with van der Waals surface area (Å²) in [5, 5.41) is 13.1. The van der Waals surface area contributed by atoms with E-state index in [9.17, 15) is 28.0 Å². The average molecular weight is 491 g/mol. The molecule has 35 heavy (non-hydrogen) atoms. The molecule has 1 atom stereocenters. The molecule has 0 aromatic heterocycles. The fourth-order valence-electron chi connectivity index (χ4n) is 3.48. The van der Waals surface area contributed by atoms with Gasteiger partial charge in [-0.05, 0) is 18.1 Å². The minimum Gasteiger partial charge on any atom is -0.491 e. The fraction of sp³-hybridized carbons (Fsp3) is 0.333. The van der Waals surface area contributed by atoms with Crippen LogP contribution in [-0.4, -0.2) is 71.9 Å². The lowest BCUT2D eigenvalue weighted by Crippen LogP contribution is -2.53. The summed E-state index contributed by atoms with van der Waals surface area (Å²) in [6.07, 6.45) is 6.76. The van der Waals surface area contributed by atoms with Crippen molar-refractivity contribution in [2.75, 3.05) is 26.3 Å². The van der Waals surface area contributed by atoms with Gasteiger partial charge in [-0.1, -0.05) is 44.0 Å². The average Bonchev–Trinajstić information content (AvgIpc) is 3.13. The Morgan fingerprint density at radius 2 is 2.03 bits per heavy atom. The van der Waals surface area contributed by atoms with Crippen molar-refractivity contribution in [2.45, 2.75) is 24.8 Å². The Morgan fingerprint density at radius 3 is 2.63 bits per heavy atom. The van der Waals surface area contributed by atoms with Crippen molar-refractivity contribution in [3.8, 4) is 0 Å². The summed E-state index contributed by atoms with van der Waals surface area (Å²) < 4.78 is 34.1. The number of imide groups is 1. The van der Waals surface area contributed by atoms with E-state index in [1.807, 2.05) is 0 Å². The van der Waals surface area contributed by atoms with E-state index in [0.29, 0.717) is 5.57 Å². The molecule has 0 aliphatic carbocycles. The number of amides is 4. The van der Waals surface area contributed by atoms with E-state index in [1.165, 1.54) is 29.2 Å². The minimum atomic E-state index is -4.00. The molecule has 0 aromatic carbocycles. The summed E-state index contributed by atoms with van der Waals surface area (Å²) in [5.41, 5.74) is -0.185. The van der Waals surface area contributed by atoms with Crippen molar-refractivity contribution < 1.29 is 37.8 Å². The first-order valence-electron chi connectivity index (χ1n) is 10.7. The highest BCUT2D eigenvalue weighted by Gasteiger charge is 2.44. The predicted molar refractivity (Wildman–Crippen MR) is 123 cm³/mol. The fourth-order valence-corrected chi connectivity index (χ4v) is 3.48. The van der Waals surface area contributed by atoms with E-state index in [2.05, 4.69) is 30.4 Å². The third-order valence-electron chi connectivity index (χ3n) is 5.25. The largest absolute Gasteiger partial charge is 0.491 e. The van der Waals surface area contributed by atoms with Crippen LogP contribution in [0.2, 0.25) is 0 Å². The first-order chi connectivity index (χ1) is 16.6. The predicted octanol–water partition coefficient (Wildman–Crippen LogP) is 1.06. The van der Waals surface area contributed by atoms with Gasteiger partial charge in [-0.25, -0.2) is 0 Å². The first kappa shape index (κ1) is 27.4. The molecule has 0 aromatic rings. The van der Waals surface area contributed by atoms with Gasteiger partial charge >= 0.3 is 5.92 Å². The van der Waals surface area contributed by atoms with Gasteiger partial charge in [-0.3, -0.25) is 24.5 Å². The molecule has 2 heterocycles. The van der Waals surface area contributed by atoms with Crippen molar-refractivity contribution in [2.24, 2.45) is 0 Å². The standard InChI is InChI=1S/C24H27F2N3O6/c1-4-7-19(35-13-12-30)15(3)24(25,26)23(34)27-11-6-8-16-14-29(22(33)17(16)5-2)18-9-10-20(31)28-21(18)32/h4-8,18,30H,1-3,9-14H2,(H,27,34)(H,28,31,32)/b8-6+,19-7+. The number of nitrogens with zero attached hydrogens (tertiary/aromatic N) is 1. The third-order valence-corrected chi connectivity index (χ3v) is 5.25. The van der Waals surface area contributed by atoms with Gasteiger partial charge in [-0.2, -0.15) is 8.78 Å². The van der Waals surface area contributed by atoms with Crippen LogP contribution >= 0.6 is 0 Å². The number of hydrogen-bond donors (Lipinski definition) is 3. The maximum Gasteiger partial charge on any atom is 0.352 e. The maximum absolute atomic E-state index is 14.5. The smallest absolute Gasteiger partial charge is 0.352 e. The highest BCUT2D eigenvalue weighted by molar-refractivity contribution is 6.06. The molecule has 3 N–H and O–H groups in total. The summed E-state index contributed by atoms with van der Waals surface area (Å²) in [4.78, 5) is 49.6. The molecule has 1 fully saturated rings. The van der Waals surface area contributed by atoms with Gasteiger partial charge in [0.15, 0.2) is 0 Å². The number of nitrogens with one attached hydrogen (secondary N) is 2. The van der Waals surface area contributed by atoms with Gasteiger partial charge in [0.1, 0.15) is 18.4 Å². The number of rotatable bonds is 12. The summed E-state index contributed by atoms with van der Waals surface area (Å²) in [6, 6.07) is -0.809. The summed E-state index contributed by atoms with van der Waals surface area (Å²) >= 11 is 0. The molecule has 188 valence electrons. The lowest BCUT2D eigenvalue weighted by Gasteiger charge is -2.29. The van der Waals surface area contributed by atoms with Crippen LogP contribution in [0.25, 0.3) is 0 Å². The summed E-state index contributed by atoms with van der Waals surface area (Å²) in [6.45, 7) is 9.30. The Balaban J connectivity index is 2.02. The number of aliphatic hydroxyl groups is 1. The van der Waals surface area contributed by atoms with Gasteiger partial charge < -0.3 is 20.1 Å². The zero-order chi connectivity index (χ0) is 26.2. The van der Waals surface area contributed by atoms with Gasteiger partial charge in [0.05, 0.1) is 12.2 Å². The Kier molecular flexibility index (Phi) is 9.41. The molecular weight excluding hydrogens is 464 g/mol. The Morgan fingerprint density at radius 1 is 1.31 bits per heavy atom. The quantitative estimate of drug-likeness (QED) is 0.213. The van der Waals surface area contributed by atoms with Crippen LogP contribution in [0.3, 0.4) is 0 Å². The van der Waals surface area contributed by atoms with Crippen molar-refractivity contribution in [1.29, 1.82) is 0 Å². The van der Waals surface area contributed by atoms with E-state index < -0.39 is 47.8 Å². The highest BCUT2D eigenvalue weighted by atomic mass is 19.3. The van der Waals surface area contributed by atoms with Crippen molar-refractivity contribution in [1.82, 2.24) is 15.5 Å². The highest BCUT2D eigenvalue weighted by Crippen LogP contribution is 2.30. The van der Waals surface area contributed by atoms with Crippen LogP contribution in [0.5, 0.6) is 0 Å². The van der Waals surface area contributed by atoms with Crippen LogP contribution < -0.4 is 10.6 Å². The summed E-state index contributed by atoms with van der Waals surface area (Å²) in [5.74, 6) is -7.42. The van der Waals surface area contributed by atoms with Gasteiger partial charge in [-0.15, -0.1) is 0 Å². The molecule has 0 spiro atoms. The molecule has 11 heteroatoms. The zero-order valence-electron chi connectivity index (χ0n) is 19.0. The zero-order valence-corrected chi connectivity index (χ0v) is 19.0. The molecule has 0 bridgehead atoms. The number of allylic oxidation sites excluding steroid dienone is 3. The lowest BCUT2D eigenvalue weighted by molar-refractivity contribution is -0.142.